The van der Waals surface area contributed by atoms with Crippen LogP contribution < -0.4 is 10.1 Å². The second kappa shape index (κ2) is 7.72. The topological polar surface area (TPSA) is 41.6 Å². The van der Waals surface area contributed by atoms with Crippen molar-refractivity contribution in [1.82, 2.24) is 10.2 Å². The molecule has 7 heteroatoms. The van der Waals surface area contributed by atoms with E-state index in [0.29, 0.717) is 28.2 Å². The summed E-state index contributed by atoms with van der Waals surface area (Å²) in [4.78, 5) is 13.4. The molecule has 4 nitrogen and oxygen atoms in total. The highest BCUT2D eigenvalue weighted by atomic mass is 127. The highest BCUT2D eigenvalue weighted by Crippen LogP contribution is 2.27. The van der Waals surface area contributed by atoms with E-state index in [1.54, 1.807) is 25.3 Å². The van der Waals surface area contributed by atoms with Gasteiger partial charge in [-0.2, -0.15) is 0 Å². The summed E-state index contributed by atoms with van der Waals surface area (Å²) in [5, 5.41) is 3.76. The summed E-state index contributed by atoms with van der Waals surface area (Å²) < 4.78 is 6.95. The van der Waals surface area contributed by atoms with E-state index in [1.165, 1.54) is 8.47 Å². The Balaban J connectivity index is 1.72. The van der Waals surface area contributed by atoms with E-state index in [9.17, 15) is 4.79 Å². The molecule has 2 aromatic carbocycles. The van der Waals surface area contributed by atoms with Gasteiger partial charge in [0.05, 0.1) is 5.02 Å². The van der Waals surface area contributed by atoms with Crippen molar-refractivity contribution in [2.24, 2.45) is 0 Å². The standard InChI is InChI=1S/C18H14ClIN2O2S/c1-22-17(23)15(21-18(22)25)9-12-4-7-16(14(19)8-12)24-10-11-2-5-13(20)6-3-11/h2-9H,10H2,1H3,(H,21,25)/b15-9-. The third-order valence-electron chi connectivity index (χ3n) is 3.66. The quantitative estimate of drug-likeness (QED) is 0.401. The monoisotopic (exact) mass is 484 g/mol. The van der Waals surface area contributed by atoms with Crippen LogP contribution in [0.2, 0.25) is 5.02 Å². The van der Waals surface area contributed by atoms with Crippen LogP contribution in [-0.4, -0.2) is 23.0 Å². The first kappa shape index (κ1) is 18.2. The van der Waals surface area contributed by atoms with Gasteiger partial charge in [0.15, 0.2) is 5.11 Å². The molecule has 1 aliphatic rings. The van der Waals surface area contributed by atoms with Gasteiger partial charge < -0.3 is 10.1 Å². The summed E-state index contributed by atoms with van der Waals surface area (Å²) in [6, 6.07) is 13.5. The SMILES string of the molecule is CN1C(=O)/C(=C/c2ccc(OCc3ccc(I)cc3)c(Cl)c2)NC1=S. The Bertz CT molecular complexity index is 868. The predicted octanol–water partition coefficient (Wildman–Crippen LogP) is 4.21. The van der Waals surface area contributed by atoms with Crippen molar-refractivity contribution in [2.75, 3.05) is 7.05 Å². The number of thiocarbonyl (C=S) groups is 1. The van der Waals surface area contributed by atoms with Crippen molar-refractivity contribution in [2.45, 2.75) is 6.61 Å². The number of benzene rings is 2. The van der Waals surface area contributed by atoms with Crippen molar-refractivity contribution in [3.05, 3.63) is 67.9 Å². The highest BCUT2D eigenvalue weighted by Gasteiger charge is 2.26. The first-order valence-corrected chi connectivity index (χ1v) is 9.28. The Hall–Kier alpha value is -1.64. The molecule has 1 amide bonds. The minimum atomic E-state index is -0.167. The molecule has 0 saturated carbocycles. The molecule has 0 bridgehead atoms. The molecule has 0 atom stereocenters. The number of hydrogen-bond donors (Lipinski definition) is 1. The summed E-state index contributed by atoms with van der Waals surface area (Å²) in [5.41, 5.74) is 2.29. The minimum Gasteiger partial charge on any atom is -0.487 e. The van der Waals surface area contributed by atoms with Crippen molar-refractivity contribution >= 4 is 63.5 Å². The average Bonchev–Trinajstić information content (AvgIpc) is 2.83. The number of hydrogen-bond acceptors (Lipinski definition) is 3. The summed E-state index contributed by atoms with van der Waals surface area (Å²) in [5.74, 6) is 0.431. The van der Waals surface area contributed by atoms with Gasteiger partial charge in [-0.15, -0.1) is 0 Å². The smallest absolute Gasteiger partial charge is 0.276 e. The van der Waals surface area contributed by atoms with Gasteiger partial charge in [-0.3, -0.25) is 9.69 Å². The lowest BCUT2D eigenvalue weighted by atomic mass is 10.2. The fourth-order valence-corrected chi connectivity index (χ4v) is 3.05. The third-order valence-corrected chi connectivity index (χ3v) is 5.05. The molecule has 3 rings (SSSR count). The molecular formula is C18H14ClIN2O2S. The molecule has 1 saturated heterocycles. The number of nitrogens with zero attached hydrogens (tertiary/aromatic N) is 1. The molecule has 0 radical (unpaired) electrons. The molecule has 1 heterocycles. The van der Waals surface area contributed by atoms with E-state index in [0.717, 1.165) is 11.1 Å². The molecule has 128 valence electrons. The average molecular weight is 485 g/mol. The molecule has 0 unspecified atom stereocenters. The number of halogens is 2. The van der Waals surface area contributed by atoms with E-state index >= 15 is 0 Å². The van der Waals surface area contributed by atoms with Crippen LogP contribution in [0.1, 0.15) is 11.1 Å². The zero-order valence-corrected chi connectivity index (χ0v) is 17.0. The molecule has 0 spiro atoms. The van der Waals surface area contributed by atoms with Gasteiger partial charge in [0.25, 0.3) is 5.91 Å². The van der Waals surface area contributed by atoms with Crippen molar-refractivity contribution in [3.63, 3.8) is 0 Å². The van der Waals surface area contributed by atoms with Gasteiger partial charge in [-0.25, -0.2) is 0 Å². The first-order chi connectivity index (χ1) is 11.9. The molecule has 1 fully saturated rings. The maximum Gasteiger partial charge on any atom is 0.276 e. The van der Waals surface area contributed by atoms with Gasteiger partial charge in [-0.05, 0) is 76.3 Å². The van der Waals surface area contributed by atoms with Crippen LogP contribution in [0.4, 0.5) is 0 Å². The van der Waals surface area contributed by atoms with Crippen LogP contribution in [0.5, 0.6) is 5.75 Å². The number of amides is 1. The number of carbonyl (C=O) groups excluding carboxylic acids is 1. The summed E-state index contributed by atoms with van der Waals surface area (Å²) in [7, 11) is 1.63. The van der Waals surface area contributed by atoms with Crippen LogP contribution >= 0.6 is 46.4 Å². The van der Waals surface area contributed by atoms with Gasteiger partial charge in [0.1, 0.15) is 18.1 Å². The lowest BCUT2D eigenvalue weighted by Crippen LogP contribution is -2.25. The third kappa shape index (κ3) is 4.31. The van der Waals surface area contributed by atoms with E-state index < -0.39 is 0 Å². The lowest BCUT2D eigenvalue weighted by Gasteiger charge is -2.09. The van der Waals surface area contributed by atoms with Crippen molar-refractivity contribution in [3.8, 4) is 5.75 Å². The van der Waals surface area contributed by atoms with Gasteiger partial charge in [0, 0.05) is 10.6 Å². The normalized spacial score (nSPS) is 15.6. The number of likely N-dealkylation sites (N-methyl/N-ethyl adjacent to an activating group) is 1. The molecule has 0 aromatic heterocycles. The fraction of sp³-hybridized carbons (Fsp3) is 0.111. The van der Waals surface area contributed by atoms with E-state index in [2.05, 4.69) is 27.9 Å². The molecule has 1 N–H and O–H groups in total. The predicted molar refractivity (Wildman–Crippen MR) is 111 cm³/mol. The zero-order chi connectivity index (χ0) is 18.0. The summed E-state index contributed by atoms with van der Waals surface area (Å²) >= 11 is 13.6. The Kier molecular flexibility index (Phi) is 5.61. The Labute approximate surface area is 169 Å². The van der Waals surface area contributed by atoms with Gasteiger partial charge >= 0.3 is 0 Å². The van der Waals surface area contributed by atoms with Crippen LogP contribution in [0.25, 0.3) is 6.08 Å². The molecule has 1 aliphatic heterocycles. The maximum atomic E-state index is 12.0. The summed E-state index contributed by atoms with van der Waals surface area (Å²) in [6.07, 6.45) is 1.72. The fourth-order valence-electron chi connectivity index (χ4n) is 2.26. The molecular weight excluding hydrogens is 471 g/mol. The number of ether oxygens (including phenoxy) is 1. The first-order valence-electron chi connectivity index (χ1n) is 7.41. The molecule has 25 heavy (non-hydrogen) atoms. The van der Waals surface area contributed by atoms with Crippen LogP contribution in [-0.2, 0) is 11.4 Å². The van der Waals surface area contributed by atoms with E-state index in [1.807, 2.05) is 30.3 Å². The summed E-state index contributed by atoms with van der Waals surface area (Å²) in [6.45, 7) is 0.441. The Morgan fingerprint density at radius 3 is 2.60 bits per heavy atom. The van der Waals surface area contributed by atoms with Gasteiger partial charge in [0.2, 0.25) is 0 Å². The second-order valence-electron chi connectivity index (χ2n) is 5.46. The number of carbonyl (C=O) groups is 1. The van der Waals surface area contributed by atoms with Gasteiger partial charge in [-0.1, -0.05) is 29.8 Å². The van der Waals surface area contributed by atoms with Crippen molar-refractivity contribution < 1.29 is 9.53 Å². The van der Waals surface area contributed by atoms with Crippen LogP contribution in [0.3, 0.4) is 0 Å². The lowest BCUT2D eigenvalue weighted by molar-refractivity contribution is -0.121. The number of nitrogens with one attached hydrogen (secondary N) is 1. The minimum absolute atomic E-state index is 0.167. The second-order valence-corrected chi connectivity index (χ2v) is 7.50. The number of rotatable bonds is 4. The van der Waals surface area contributed by atoms with E-state index in [-0.39, 0.29) is 5.91 Å². The highest BCUT2D eigenvalue weighted by molar-refractivity contribution is 14.1. The maximum absolute atomic E-state index is 12.0. The van der Waals surface area contributed by atoms with E-state index in [4.69, 9.17) is 28.6 Å². The zero-order valence-electron chi connectivity index (χ0n) is 13.3. The molecule has 2 aromatic rings. The molecule has 0 aliphatic carbocycles. The van der Waals surface area contributed by atoms with Crippen molar-refractivity contribution in [1.29, 1.82) is 0 Å². The largest absolute Gasteiger partial charge is 0.487 e. The Morgan fingerprint density at radius 2 is 2.00 bits per heavy atom. The van der Waals surface area contributed by atoms with Crippen LogP contribution in [0.15, 0.2) is 48.2 Å². The van der Waals surface area contributed by atoms with Crippen LogP contribution in [0, 0.1) is 3.57 Å². The Morgan fingerprint density at radius 1 is 1.28 bits per heavy atom.